The number of aliphatic hydroxyl groups excluding tert-OH is 1. The van der Waals surface area contributed by atoms with Gasteiger partial charge in [-0.3, -0.25) is 0 Å². The van der Waals surface area contributed by atoms with E-state index < -0.39 is 5.60 Å². The van der Waals surface area contributed by atoms with E-state index in [9.17, 15) is 20.4 Å². The molecule has 0 fully saturated rings. The smallest absolute Gasteiger partial charge is 0.154 e. The molecule has 5 heteroatoms. The molecule has 0 aromatic heterocycles. The molecule has 0 saturated heterocycles. The Kier molecular flexibility index (Phi) is 5.64. The minimum absolute atomic E-state index is 0.0343. The summed E-state index contributed by atoms with van der Waals surface area (Å²) in [4.78, 5) is 0. The lowest BCUT2D eigenvalue weighted by atomic mass is 9.78. The fourth-order valence-electron chi connectivity index (χ4n) is 3.27. The van der Waals surface area contributed by atoms with Gasteiger partial charge in [0.05, 0.1) is 6.61 Å². The topological polar surface area (TPSA) is 90.2 Å². The zero-order valence-corrected chi connectivity index (χ0v) is 14.7. The van der Waals surface area contributed by atoms with Crippen LogP contribution in [0.5, 0.6) is 17.2 Å². The molecule has 0 heterocycles. The summed E-state index contributed by atoms with van der Waals surface area (Å²) < 4.78 is 6.23. The van der Waals surface area contributed by atoms with Gasteiger partial charge >= 0.3 is 0 Å². The number of para-hydroxylation sites is 3. The fraction of sp³-hybridized carbons (Fsp3) is 0.182. The molecular weight excluding hydrogens is 344 g/mol. The van der Waals surface area contributed by atoms with Crippen molar-refractivity contribution in [2.24, 2.45) is 0 Å². The summed E-state index contributed by atoms with van der Waals surface area (Å²) in [5.74, 6) is -0.103. The van der Waals surface area contributed by atoms with Crippen molar-refractivity contribution in [3.8, 4) is 17.2 Å². The maximum Gasteiger partial charge on any atom is 0.154 e. The van der Waals surface area contributed by atoms with E-state index in [-0.39, 0.29) is 30.5 Å². The largest absolute Gasteiger partial charge is 0.508 e. The van der Waals surface area contributed by atoms with Crippen LogP contribution in [0, 0.1) is 0 Å². The standard InChI is InChI=1S/C22H22O5/c23-14-7-15-27-22(16-8-1-4-11-19(16)24,17-9-2-5-12-20(17)25)18-10-3-6-13-21(18)26/h1-6,8-13,23-26H,7,14-15H2. The molecule has 0 bridgehead atoms. The number of hydrogen-bond acceptors (Lipinski definition) is 5. The third-order valence-electron chi connectivity index (χ3n) is 4.47. The lowest BCUT2D eigenvalue weighted by Gasteiger charge is -2.36. The Balaban J connectivity index is 2.37. The van der Waals surface area contributed by atoms with Crippen molar-refractivity contribution in [2.75, 3.05) is 13.2 Å². The first kappa shape index (κ1) is 18.8. The Bertz CT molecular complexity index is 796. The van der Waals surface area contributed by atoms with Crippen LogP contribution in [0.15, 0.2) is 72.8 Å². The van der Waals surface area contributed by atoms with Crippen molar-refractivity contribution >= 4 is 0 Å². The molecule has 0 atom stereocenters. The van der Waals surface area contributed by atoms with Crippen molar-refractivity contribution in [1.82, 2.24) is 0 Å². The van der Waals surface area contributed by atoms with Crippen LogP contribution in [0.2, 0.25) is 0 Å². The third-order valence-corrected chi connectivity index (χ3v) is 4.47. The first-order valence-corrected chi connectivity index (χ1v) is 8.71. The van der Waals surface area contributed by atoms with Crippen LogP contribution in [0.3, 0.4) is 0 Å². The molecule has 0 aliphatic rings. The van der Waals surface area contributed by atoms with Crippen LogP contribution in [0.25, 0.3) is 0 Å². The van der Waals surface area contributed by atoms with Gasteiger partial charge in [0.1, 0.15) is 17.2 Å². The third kappa shape index (κ3) is 3.47. The second-order valence-corrected chi connectivity index (χ2v) is 6.16. The molecule has 27 heavy (non-hydrogen) atoms. The Morgan fingerprint density at radius 1 is 0.630 bits per heavy atom. The minimum Gasteiger partial charge on any atom is -0.508 e. The number of ether oxygens (including phenoxy) is 1. The summed E-state index contributed by atoms with van der Waals surface area (Å²) in [5, 5.41) is 41.1. The van der Waals surface area contributed by atoms with Crippen molar-refractivity contribution in [3.05, 3.63) is 89.5 Å². The highest BCUT2D eigenvalue weighted by Gasteiger charge is 2.43. The molecule has 4 N–H and O–H groups in total. The molecule has 5 nitrogen and oxygen atoms in total. The second-order valence-electron chi connectivity index (χ2n) is 6.16. The molecule has 0 aliphatic heterocycles. The average molecular weight is 366 g/mol. The number of rotatable bonds is 7. The zero-order valence-electron chi connectivity index (χ0n) is 14.7. The molecular formula is C22H22O5. The minimum atomic E-state index is -1.46. The number of hydrogen-bond donors (Lipinski definition) is 4. The van der Waals surface area contributed by atoms with E-state index in [1.807, 2.05) is 0 Å². The Morgan fingerprint density at radius 2 is 1.00 bits per heavy atom. The molecule has 0 amide bonds. The highest BCUT2D eigenvalue weighted by Crippen LogP contribution is 2.49. The summed E-state index contributed by atoms with van der Waals surface area (Å²) in [6.07, 6.45) is 0.358. The Labute approximate surface area is 157 Å². The Hall–Kier alpha value is -3.02. The number of phenols is 3. The van der Waals surface area contributed by atoms with Gasteiger partial charge in [0.2, 0.25) is 0 Å². The van der Waals surface area contributed by atoms with Crippen LogP contribution < -0.4 is 0 Å². The summed E-state index contributed by atoms with van der Waals surface area (Å²) >= 11 is 0. The molecule has 0 saturated carbocycles. The van der Waals surface area contributed by atoms with Gasteiger partial charge in [-0.05, 0) is 24.6 Å². The van der Waals surface area contributed by atoms with Crippen molar-refractivity contribution in [1.29, 1.82) is 0 Å². The SMILES string of the molecule is OCCCOC(c1ccccc1O)(c1ccccc1O)c1ccccc1O. The molecule has 0 radical (unpaired) electrons. The number of phenolic OH excluding ortho intramolecular Hbond substituents is 3. The van der Waals surface area contributed by atoms with Gasteiger partial charge in [-0.2, -0.15) is 0 Å². The Morgan fingerprint density at radius 3 is 1.33 bits per heavy atom. The van der Waals surface area contributed by atoms with E-state index >= 15 is 0 Å². The van der Waals surface area contributed by atoms with Gasteiger partial charge in [0.15, 0.2) is 5.60 Å². The van der Waals surface area contributed by atoms with E-state index in [1.165, 1.54) is 18.2 Å². The molecule has 140 valence electrons. The van der Waals surface area contributed by atoms with Crippen LogP contribution in [-0.4, -0.2) is 33.6 Å². The maximum atomic E-state index is 10.6. The summed E-state index contributed by atoms with van der Waals surface area (Å²) in [6.45, 7) is 0.0753. The molecule has 0 aliphatic carbocycles. The van der Waals surface area contributed by atoms with Gasteiger partial charge in [-0.15, -0.1) is 0 Å². The predicted molar refractivity (Wildman–Crippen MR) is 102 cm³/mol. The van der Waals surface area contributed by atoms with Crippen LogP contribution >= 0.6 is 0 Å². The highest BCUT2D eigenvalue weighted by atomic mass is 16.5. The number of benzene rings is 3. The summed E-state index contributed by atoms with van der Waals surface area (Å²) in [5.41, 5.74) is -0.320. The molecule has 3 rings (SSSR count). The van der Waals surface area contributed by atoms with E-state index in [0.29, 0.717) is 23.1 Å². The van der Waals surface area contributed by atoms with E-state index in [0.717, 1.165) is 0 Å². The van der Waals surface area contributed by atoms with E-state index in [1.54, 1.807) is 54.6 Å². The van der Waals surface area contributed by atoms with Gasteiger partial charge in [-0.25, -0.2) is 0 Å². The van der Waals surface area contributed by atoms with Crippen LogP contribution in [0.1, 0.15) is 23.1 Å². The van der Waals surface area contributed by atoms with Crippen molar-refractivity contribution in [3.63, 3.8) is 0 Å². The lowest BCUT2D eigenvalue weighted by molar-refractivity contribution is 0.00184. The number of aliphatic hydroxyl groups is 1. The first-order valence-electron chi connectivity index (χ1n) is 8.71. The normalized spacial score (nSPS) is 11.4. The lowest BCUT2D eigenvalue weighted by Crippen LogP contribution is -2.34. The van der Waals surface area contributed by atoms with Crippen LogP contribution in [-0.2, 0) is 10.3 Å². The van der Waals surface area contributed by atoms with Gasteiger partial charge in [-0.1, -0.05) is 54.6 Å². The first-order chi connectivity index (χ1) is 13.1. The maximum absolute atomic E-state index is 10.6. The van der Waals surface area contributed by atoms with Gasteiger partial charge in [0, 0.05) is 23.3 Å². The highest BCUT2D eigenvalue weighted by molar-refractivity contribution is 5.58. The predicted octanol–water partition coefficient (Wildman–Crippen LogP) is 3.49. The average Bonchev–Trinajstić information content (AvgIpc) is 2.68. The zero-order chi connectivity index (χ0) is 19.3. The second kappa shape index (κ2) is 8.12. The molecule has 3 aromatic rings. The molecule has 0 spiro atoms. The summed E-state index contributed by atoms with van der Waals surface area (Å²) in [6, 6.07) is 20.0. The number of aromatic hydroxyl groups is 3. The monoisotopic (exact) mass is 366 g/mol. The summed E-state index contributed by atoms with van der Waals surface area (Å²) in [7, 11) is 0. The molecule has 0 unspecified atom stereocenters. The van der Waals surface area contributed by atoms with E-state index in [2.05, 4.69) is 0 Å². The van der Waals surface area contributed by atoms with Gasteiger partial charge < -0.3 is 25.2 Å². The van der Waals surface area contributed by atoms with Crippen LogP contribution in [0.4, 0.5) is 0 Å². The quantitative estimate of drug-likeness (QED) is 0.380. The van der Waals surface area contributed by atoms with Crippen molar-refractivity contribution in [2.45, 2.75) is 12.0 Å². The molecule has 3 aromatic carbocycles. The van der Waals surface area contributed by atoms with E-state index in [4.69, 9.17) is 4.74 Å². The van der Waals surface area contributed by atoms with Crippen molar-refractivity contribution < 1.29 is 25.2 Å². The fourth-order valence-corrected chi connectivity index (χ4v) is 3.27. The van der Waals surface area contributed by atoms with Gasteiger partial charge in [0.25, 0.3) is 0 Å².